The molecule has 2 rings (SSSR count). The van der Waals surface area contributed by atoms with E-state index in [4.69, 9.17) is 8.85 Å². The largest absolute Gasteiger partial charge is 0.545 e. The minimum atomic E-state index is -1.74. The summed E-state index contributed by atoms with van der Waals surface area (Å²) in [5, 5.41) is 0. The third-order valence-corrected chi connectivity index (χ3v) is 9.39. The van der Waals surface area contributed by atoms with E-state index in [-0.39, 0.29) is 0 Å². The third kappa shape index (κ3) is 5.83. The topological polar surface area (TPSA) is 18.5 Å². The second-order valence-electron chi connectivity index (χ2n) is 8.36. The maximum Gasteiger partial charge on any atom is 0.244 e. The van der Waals surface area contributed by atoms with E-state index in [1.807, 2.05) is 0 Å². The molecular formula is C21H35O2Si2. The van der Waals surface area contributed by atoms with Crippen molar-refractivity contribution in [1.82, 2.24) is 0 Å². The Morgan fingerprint density at radius 3 is 1.96 bits per heavy atom. The zero-order chi connectivity index (χ0) is 18.5. The van der Waals surface area contributed by atoms with Gasteiger partial charge in [-0.15, -0.1) is 0 Å². The molecule has 0 unspecified atom stereocenters. The highest BCUT2D eigenvalue weighted by Crippen LogP contribution is 2.41. The van der Waals surface area contributed by atoms with Crippen molar-refractivity contribution in [2.75, 3.05) is 0 Å². The fraction of sp³-hybridized carbons (Fsp3) is 0.571. The molecule has 0 atom stereocenters. The lowest BCUT2D eigenvalue weighted by atomic mass is 10.1. The van der Waals surface area contributed by atoms with E-state index in [1.165, 1.54) is 48.9 Å². The Bertz CT molecular complexity index is 593. The molecule has 1 aromatic carbocycles. The van der Waals surface area contributed by atoms with Crippen LogP contribution in [0, 0.1) is 6.10 Å². The van der Waals surface area contributed by atoms with Gasteiger partial charge >= 0.3 is 0 Å². The highest BCUT2D eigenvalue weighted by molar-refractivity contribution is 6.72. The van der Waals surface area contributed by atoms with Gasteiger partial charge in [-0.1, -0.05) is 63.8 Å². The zero-order valence-corrected chi connectivity index (χ0v) is 18.9. The standard InChI is InChI=1S/C21H35O2Si2/c1-7-9-15-24(3,4)22-20-17-18-13-11-12-14-19(18)21(20)23-25(5,6)16-10-8-2/h11-14,17H,7-10,15-16H2,1-6H3. The van der Waals surface area contributed by atoms with Crippen LogP contribution in [0.2, 0.25) is 38.3 Å². The first kappa shape index (κ1) is 20.5. The molecule has 1 aromatic rings. The Morgan fingerprint density at radius 1 is 0.800 bits per heavy atom. The average Bonchev–Trinajstić information content (AvgIpc) is 2.87. The molecule has 1 aliphatic rings. The van der Waals surface area contributed by atoms with E-state index in [1.54, 1.807) is 0 Å². The smallest absolute Gasteiger partial charge is 0.244 e. The Labute approximate surface area is 156 Å². The summed E-state index contributed by atoms with van der Waals surface area (Å²) in [5.74, 6) is 0.978. The van der Waals surface area contributed by atoms with Crippen LogP contribution in [0.5, 0.6) is 0 Å². The van der Waals surface area contributed by atoms with Gasteiger partial charge in [0.05, 0.1) is 0 Å². The summed E-state index contributed by atoms with van der Waals surface area (Å²) in [6.45, 7) is 13.8. The van der Waals surface area contributed by atoms with Crippen molar-refractivity contribution >= 4 is 22.7 Å². The van der Waals surface area contributed by atoms with Crippen molar-refractivity contribution in [3.63, 3.8) is 0 Å². The SMILES string of the molecule is CCCC[Si](C)(C)O[C]1C(O[Si](C)(C)CCCC)=Cc2ccccc21. The number of hydrogen-bond acceptors (Lipinski definition) is 2. The minimum Gasteiger partial charge on any atom is -0.545 e. The van der Waals surface area contributed by atoms with Gasteiger partial charge < -0.3 is 8.85 Å². The van der Waals surface area contributed by atoms with Crippen molar-refractivity contribution in [2.24, 2.45) is 0 Å². The van der Waals surface area contributed by atoms with Crippen LogP contribution in [0.3, 0.4) is 0 Å². The van der Waals surface area contributed by atoms with Gasteiger partial charge in [0.1, 0.15) is 5.76 Å². The number of fused-ring (bicyclic) bond motifs is 1. The number of rotatable bonds is 10. The van der Waals surface area contributed by atoms with Crippen LogP contribution in [0.4, 0.5) is 0 Å². The van der Waals surface area contributed by atoms with Crippen LogP contribution in [0.1, 0.15) is 50.7 Å². The first-order valence-electron chi connectivity index (χ1n) is 9.84. The van der Waals surface area contributed by atoms with Crippen LogP contribution < -0.4 is 0 Å². The molecular weight excluding hydrogens is 340 g/mol. The van der Waals surface area contributed by atoms with E-state index in [0.717, 1.165) is 11.9 Å². The summed E-state index contributed by atoms with van der Waals surface area (Å²) >= 11 is 0. The predicted molar refractivity (Wildman–Crippen MR) is 113 cm³/mol. The van der Waals surface area contributed by atoms with Gasteiger partial charge in [-0.2, -0.15) is 0 Å². The Balaban J connectivity index is 2.19. The highest BCUT2D eigenvalue weighted by atomic mass is 28.4. The second kappa shape index (κ2) is 8.69. The second-order valence-corrected chi connectivity index (χ2v) is 16.8. The molecule has 139 valence electrons. The van der Waals surface area contributed by atoms with Crippen molar-refractivity contribution < 1.29 is 8.85 Å². The van der Waals surface area contributed by atoms with Gasteiger partial charge in [0.25, 0.3) is 0 Å². The van der Waals surface area contributed by atoms with E-state index < -0.39 is 16.6 Å². The molecule has 0 N–H and O–H groups in total. The molecule has 0 fully saturated rings. The van der Waals surface area contributed by atoms with Crippen LogP contribution >= 0.6 is 0 Å². The summed E-state index contributed by atoms with van der Waals surface area (Å²) < 4.78 is 13.3. The lowest BCUT2D eigenvalue weighted by Gasteiger charge is -2.32. The summed E-state index contributed by atoms with van der Waals surface area (Å²) in [6.07, 6.45) is 8.12. The van der Waals surface area contributed by atoms with Crippen LogP contribution in [-0.4, -0.2) is 16.6 Å². The summed E-state index contributed by atoms with van der Waals surface area (Å²) in [6, 6.07) is 10.9. The Kier molecular flexibility index (Phi) is 7.12. The van der Waals surface area contributed by atoms with Crippen molar-refractivity contribution in [2.45, 2.75) is 77.8 Å². The first-order valence-corrected chi connectivity index (χ1v) is 16.1. The van der Waals surface area contributed by atoms with Gasteiger partial charge in [-0.3, -0.25) is 0 Å². The van der Waals surface area contributed by atoms with Gasteiger partial charge in [0, 0.05) is 5.56 Å². The van der Waals surface area contributed by atoms with Gasteiger partial charge in [0.15, 0.2) is 14.4 Å². The fourth-order valence-electron chi connectivity index (χ4n) is 3.23. The number of unbranched alkanes of at least 4 members (excludes halogenated alkanes) is 2. The molecule has 0 saturated carbocycles. The zero-order valence-electron chi connectivity index (χ0n) is 16.9. The highest BCUT2D eigenvalue weighted by Gasteiger charge is 2.37. The molecule has 2 nitrogen and oxygen atoms in total. The molecule has 0 heterocycles. The molecule has 4 heteroatoms. The first-order chi connectivity index (χ1) is 11.8. The molecule has 1 radical (unpaired) electrons. The molecule has 0 saturated heterocycles. The van der Waals surface area contributed by atoms with Gasteiger partial charge in [-0.25, -0.2) is 0 Å². The Morgan fingerprint density at radius 2 is 1.36 bits per heavy atom. The average molecular weight is 376 g/mol. The van der Waals surface area contributed by atoms with Crippen LogP contribution in [0.25, 0.3) is 6.08 Å². The quantitative estimate of drug-likeness (QED) is 0.411. The third-order valence-electron chi connectivity index (χ3n) is 4.75. The van der Waals surface area contributed by atoms with Crippen LogP contribution in [0.15, 0.2) is 30.0 Å². The molecule has 25 heavy (non-hydrogen) atoms. The lowest BCUT2D eigenvalue weighted by molar-refractivity contribution is 0.292. The summed E-state index contributed by atoms with van der Waals surface area (Å²) in [7, 11) is -3.47. The molecule has 0 amide bonds. The van der Waals surface area contributed by atoms with Crippen LogP contribution in [-0.2, 0) is 8.85 Å². The monoisotopic (exact) mass is 375 g/mol. The van der Waals surface area contributed by atoms with E-state index >= 15 is 0 Å². The Hall–Kier alpha value is -0.846. The minimum absolute atomic E-state index is 0.978. The normalized spacial score (nSPS) is 15.2. The summed E-state index contributed by atoms with van der Waals surface area (Å²) in [5.41, 5.74) is 2.43. The molecule has 0 spiro atoms. The van der Waals surface area contributed by atoms with Crippen molar-refractivity contribution in [1.29, 1.82) is 0 Å². The summed E-state index contributed by atoms with van der Waals surface area (Å²) in [4.78, 5) is 0. The van der Waals surface area contributed by atoms with Crippen molar-refractivity contribution in [3.05, 3.63) is 47.3 Å². The van der Waals surface area contributed by atoms with E-state index in [9.17, 15) is 0 Å². The fourth-order valence-corrected chi connectivity index (χ4v) is 7.36. The van der Waals surface area contributed by atoms with Gasteiger partial charge in [-0.05, 0) is 49.9 Å². The number of hydrogen-bond donors (Lipinski definition) is 0. The predicted octanol–water partition coefficient (Wildman–Crippen LogP) is 6.96. The lowest BCUT2D eigenvalue weighted by Crippen LogP contribution is -2.35. The molecule has 1 aliphatic carbocycles. The van der Waals surface area contributed by atoms with Crippen molar-refractivity contribution in [3.8, 4) is 0 Å². The number of benzene rings is 1. The van der Waals surface area contributed by atoms with Gasteiger partial charge in [0.2, 0.25) is 8.32 Å². The maximum absolute atomic E-state index is 6.67. The molecule has 0 aliphatic heterocycles. The van der Waals surface area contributed by atoms with E-state index in [0.29, 0.717) is 0 Å². The van der Waals surface area contributed by atoms with E-state index in [2.05, 4.69) is 70.4 Å². The molecule has 0 bridgehead atoms. The maximum atomic E-state index is 6.67. The molecule has 0 aromatic heterocycles.